The summed E-state index contributed by atoms with van der Waals surface area (Å²) < 4.78 is 1.78. The van der Waals surface area contributed by atoms with Crippen LogP contribution in [0, 0.1) is 0 Å². The van der Waals surface area contributed by atoms with Gasteiger partial charge in [0.05, 0.1) is 13.0 Å². The molecule has 0 saturated heterocycles. The Labute approximate surface area is 113 Å². The Balaban J connectivity index is 2.76. The number of hydrogen-bond donors (Lipinski definition) is 1. The number of carboxylic acid groups (broad SMARTS) is 1. The van der Waals surface area contributed by atoms with E-state index in [0.717, 1.165) is 18.8 Å². The predicted molar refractivity (Wildman–Crippen MR) is 70.5 cm³/mol. The Morgan fingerprint density at radius 2 is 2.11 bits per heavy atom. The third-order valence-corrected chi connectivity index (χ3v) is 2.92. The second-order valence-electron chi connectivity index (χ2n) is 5.55. The zero-order valence-corrected chi connectivity index (χ0v) is 12.1. The monoisotopic (exact) mass is 269 g/mol. The Morgan fingerprint density at radius 1 is 1.42 bits per heavy atom. The first-order valence-electron chi connectivity index (χ1n) is 6.56. The minimum absolute atomic E-state index is 0.118. The molecule has 7 nitrogen and oxygen atoms in total. The lowest BCUT2D eigenvalue weighted by Gasteiger charge is -2.34. The Kier molecular flexibility index (Phi) is 5.41. The molecule has 0 saturated carbocycles. The van der Waals surface area contributed by atoms with Crippen LogP contribution in [0.5, 0.6) is 0 Å². The molecule has 0 aliphatic rings. The maximum absolute atomic E-state index is 10.7. The van der Waals surface area contributed by atoms with Gasteiger partial charge in [-0.2, -0.15) is 0 Å². The van der Waals surface area contributed by atoms with Crippen molar-refractivity contribution >= 4 is 5.97 Å². The molecule has 0 atom stereocenters. The number of aromatic nitrogens is 4. The molecular weight excluding hydrogens is 246 g/mol. The standard InChI is InChI=1S/C12H23N5O2/c1-5-7-17-10(13-14-15-17)9-16(12(2,3)4)8-6-11(18)19/h5-9H2,1-4H3,(H,18,19). The summed E-state index contributed by atoms with van der Waals surface area (Å²) >= 11 is 0. The van der Waals surface area contributed by atoms with E-state index in [1.165, 1.54) is 0 Å². The minimum atomic E-state index is -0.789. The fourth-order valence-corrected chi connectivity index (χ4v) is 1.77. The van der Waals surface area contributed by atoms with Crippen molar-refractivity contribution in [2.24, 2.45) is 0 Å². The molecule has 0 aliphatic carbocycles. The van der Waals surface area contributed by atoms with Crippen molar-refractivity contribution in [3.63, 3.8) is 0 Å². The average Bonchev–Trinajstić information content (AvgIpc) is 2.70. The molecule has 19 heavy (non-hydrogen) atoms. The molecule has 0 unspecified atom stereocenters. The molecule has 108 valence electrons. The average molecular weight is 269 g/mol. The quantitative estimate of drug-likeness (QED) is 0.799. The van der Waals surface area contributed by atoms with Gasteiger partial charge in [0.25, 0.3) is 0 Å². The number of aliphatic carboxylic acids is 1. The molecular formula is C12H23N5O2. The van der Waals surface area contributed by atoms with Gasteiger partial charge in [-0.15, -0.1) is 5.10 Å². The Bertz CT molecular complexity index is 410. The van der Waals surface area contributed by atoms with Gasteiger partial charge in [0.2, 0.25) is 0 Å². The molecule has 1 aromatic rings. The summed E-state index contributed by atoms with van der Waals surface area (Å²) in [6.07, 6.45) is 1.08. The van der Waals surface area contributed by atoms with E-state index in [1.54, 1.807) is 4.68 Å². The van der Waals surface area contributed by atoms with Crippen molar-refractivity contribution in [1.29, 1.82) is 0 Å². The first kappa shape index (κ1) is 15.6. The Morgan fingerprint density at radius 3 is 2.63 bits per heavy atom. The van der Waals surface area contributed by atoms with Gasteiger partial charge < -0.3 is 5.11 Å². The van der Waals surface area contributed by atoms with Crippen molar-refractivity contribution in [2.75, 3.05) is 6.54 Å². The van der Waals surface area contributed by atoms with Crippen LogP contribution in [-0.2, 0) is 17.9 Å². The molecule has 1 rings (SSSR count). The summed E-state index contributed by atoms with van der Waals surface area (Å²) in [6, 6.07) is 0. The number of nitrogens with zero attached hydrogens (tertiary/aromatic N) is 5. The maximum Gasteiger partial charge on any atom is 0.304 e. The van der Waals surface area contributed by atoms with Gasteiger partial charge >= 0.3 is 5.97 Å². The van der Waals surface area contributed by atoms with Crippen LogP contribution in [0.15, 0.2) is 0 Å². The zero-order valence-electron chi connectivity index (χ0n) is 12.1. The molecule has 0 aromatic carbocycles. The predicted octanol–water partition coefficient (Wildman–Crippen LogP) is 1.16. The molecule has 0 bridgehead atoms. The smallest absolute Gasteiger partial charge is 0.304 e. The van der Waals surface area contributed by atoms with Gasteiger partial charge in [-0.05, 0) is 37.6 Å². The topological polar surface area (TPSA) is 84.1 Å². The van der Waals surface area contributed by atoms with E-state index >= 15 is 0 Å². The van der Waals surface area contributed by atoms with E-state index in [2.05, 4.69) is 48.1 Å². The highest BCUT2D eigenvalue weighted by atomic mass is 16.4. The molecule has 7 heteroatoms. The van der Waals surface area contributed by atoms with Gasteiger partial charge in [0.1, 0.15) is 0 Å². The molecule has 0 spiro atoms. The number of aryl methyl sites for hydroxylation is 1. The first-order valence-corrected chi connectivity index (χ1v) is 6.56. The highest BCUT2D eigenvalue weighted by Gasteiger charge is 2.24. The fraction of sp³-hybridized carbons (Fsp3) is 0.833. The SMILES string of the molecule is CCCn1nnnc1CN(CCC(=O)O)C(C)(C)C. The highest BCUT2D eigenvalue weighted by molar-refractivity contribution is 5.66. The second-order valence-corrected chi connectivity index (χ2v) is 5.55. The lowest BCUT2D eigenvalue weighted by atomic mass is 10.1. The van der Waals surface area contributed by atoms with Crippen LogP contribution in [-0.4, -0.2) is 48.3 Å². The summed E-state index contributed by atoms with van der Waals surface area (Å²) in [5.74, 6) is -0.00966. The molecule has 0 radical (unpaired) electrons. The van der Waals surface area contributed by atoms with E-state index in [9.17, 15) is 4.79 Å². The van der Waals surface area contributed by atoms with Gasteiger partial charge in [-0.25, -0.2) is 4.68 Å². The van der Waals surface area contributed by atoms with E-state index < -0.39 is 5.97 Å². The third kappa shape index (κ3) is 4.94. The lowest BCUT2D eigenvalue weighted by Crippen LogP contribution is -2.42. The molecule has 1 heterocycles. The summed E-state index contributed by atoms with van der Waals surface area (Å²) in [5, 5.41) is 20.5. The van der Waals surface area contributed by atoms with Crippen LogP contribution in [0.3, 0.4) is 0 Å². The molecule has 1 N–H and O–H groups in total. The molecule has 1 aromatic heterocycles. The number of hydrogen-bond acceptors (Lipinski definition) is 5. The highest BCUT2D eigenvalue weighted by Crippen LogP contribution is 2.16. The normalized spacial score (nSPS) is 12.1. The van der Waals surface area contributed by atoms with Crippen molar-refractivity contribution in [3.05, 3.63) is 5.82 Å². The van der Waals surface area contributed by atoms with E-state index in [-0.39, 0.29) is 12.0 Å². The summed E-state index contributed by atoms with van der Waals surface area (Å²) in [6.45, 7) is 10.1. The van der Waals surface area contributed by atoms with E-state index in [0.29, 0.717) is 13.1 Å². The minimum Gasteiger partial charge on any atom is -0.481 e. The molecule has 0 fully saturated rings. The van der Waals surface area contributed by atoms with Crippen LogP contribution < -0.4 is 0 Å². The van der Waals surface area contributed by atoms with E-state index in [4.69, 9.17) is 5.11 Å². The summed E-state index contributed by atoms with van der Waals surface area (Å²) in [5.41, 5.74) is -0.127. The second kappa shape index (κ2) is 6.60. The van der Waals surface area contributed by atoms with Crippen LogP contribution >= 0.6 is 0 Å². The largest absolute Gasteiger partial charge is 0.481 e. The van der Waals surface area contributed by atoms with Crippen LogP contribution in [0.25, 0.3) is 0 Å². The Hall–Kier alpha value is -1.50. The number of carboxylic acids is 1. The van der Waals surface area contributed by atoms with E-state index in [1.807, 2.05) is 0 Å². The van der Waals surface area contributed by atoms with Crippen molar-refractivity contribution in [1.82, 2.24) is 25.1 Å². The number of tetrazole rings is 1. The van der Waals surface area contributed by atoms with Crippen molar-refractivity contribution < 1.29 is 9.90 Å². The van der Waals surface area contributed by atoms with Gasteiger partial charge in [-0.3, -0.25) is 9.69 Å². The van der Waals surface area contributed by atoms with Gasteiger partial charge in [0.15, 0.2) is 5.82 Å². The molecule has 0 aliphatic heterocycles. The third-order valence-electron chi connectivity index (χ3n) is 2.92. The maximum atomic E-state index is 10.7. The van der Waals surface area contributed by atoms with Crippen molar-refractivity contribution in [2.45, 2.75) is 59.2 Å². The van der Waals surface area contributed by atoms with Gasteiger partial charge in [0, 0.05) is 18.6 Å². The van der Waals surface area contributed by atoms with Gasteiger partial charge in [-0.1, -0.05) is 6.92 Å². The first-order chi connectivity index (χ1) is 8.84. The van der Waals surface area contributed by atoms with Crippen molar-refractivity contribution in [3.8, 4) is 0 Å². The zero-order chi connectivity index (χ0) is 14.5. The fourth-order valence-electron chi connectivity index (χ4n) is 1.77. The number of carbonyl (C=O) groups is 1. The lowest BCUT2D eigenvalue weighted by molar-refractivity contribution is -0.137. The number of rotatable bonds is 7. The van der Waals surface area contributed by atoms with Crippen LogP contribution in [0.1, 0.15) is 46.4 Å². The molecule has 0 amide bonds. The summed E-state index contributed by atoms with van der Waals surface area (Å²) in [4.78, 5) is 12.8. The van der Waals surface area contributed by atoms with Crippen LogP contribution in [0.2, 0.25) is 0 Å². The van der Waals surface area contributed by atoms with Crippen LogP contribution in [0.4, 0.5) is 0 Å². The summed E-state index contributed by atoms with van der Waals surface area (Å²) in [7, 11) is 0.